The largest absolute Gasteiger partial charge is 0.497 e. The minimum absolute atomic E-state index is 0.0210. The molecule has 1 amide bonds. The van der Waals surface area contributed by atoms with Crippen molar-refractivity contribution in [1.82, 2.24) is 24.8 Å². The summed E-state index contributed by atoms with van der Waals surface area (Å²) in [4.78, 5) is 41.7. The van der Waals surface area contributed by atoms with E-state index in [1.54, 1.807) is 30.3 Å². The molecule has 1 fully saturated rings. The van der Waals surface area contributed by atoms with Crippen LogP contribution in [0.5, 0.6) is 5.75 Å². The van der Waals surface area contributed by atoms with Crippen molar-refractivity contribution in [3.8, 4) is 5.75 Å². The van der Waals surface area contributed by atoms with Crippen LogP contribution in [0.25, 0.3) is 0 Å². The van der Waals surface area contributed by atoms with Gasteiger partial charge in [-0.1, -0.05) is 18.2 Å². The quantitative estimate of drug-likeness (QED) is 0.648. The zero-order chi connectivity index (χ0) is 22.8. The molecule has 2 aliphatic heterocycles. The summed E-state index contributed by atoms with van der Waals surface area (Å²) in [5, 5.41) is 0. The van der Waals surface area contributed by atoms with Gasteiger partial charge in [0.25, 0.3) is 11.5 Å². The molecule has 8 nitrogen and oxygen atoms in total. The molecule has 33 heavy (non-hydrogen) atoms. The molecule has 2 aromatic heterocycles. The number of nitrogens with one attached hydrogen (secondary N) is 1. The first-order valence-electron chi connectivity index (χ1n) is 11.3. The molecular formula is C25H27N5O3. The second-order valence-corrected chi connectivity index (χ2v) is 8.64. The first-order valence-corrected chi connectivity index (χ1v) is 11.3. The predicted molar refractivity (Wildman–Crippen MR) is 123 cm³/mol. The maximum absolute atomic E-state index is 12.8. The minimum atomic E-state index is -0.0796. The van der Waals surface area contributed by atoms with Crippen LogP contribution in [0, 0.1) is 0 Å². The van der Waals surface area contributed by atoms with Crippen molar-refractivity contribution in [3.05, 3.63) is 87.4 Å². The molecule has 3 aromatic rings. The summed E-state index contributed by atoms with van der Waals surface area (Å²) in [6.45, 7) is 3.42. The molecule has 0 bridgehead atoms. The van der Waals surface area contributed by atoms with Gasteiger partial charge >= 0.3 is 0 Å². The maximum Gasteiger partial charge on any atom is 0.272 e. The molecule has 8 heteroatoms. The second kappa shape index (κ2) is 9.15. The summed E-state index contributed by atoms with van der Waals surface area (Å²) in [5.41, 5.74) is 3.23. The summed E-state index contributed by atoms with van der Waals surface area (Å²) in [5.74, 6) is 1.46. The van der Waals surface area contributed by atoms with E-state index >= 15 is 0 Å². The molecule has 0 aliphatic carbocycles. The minimum Gasteiger partial charge on any atom is -0.497 e. The van der Waals surface area contributed by atoms with Gasteiger partial charge in [0.2, 0.25) is 0 Å². The fourth-order valence-corrected chi connectivity index (χ4v) is 4.65. The Morgan fingerprint density at radius 3 is 2.79 bits per heavy atom. The highest BCUT2D eigenvalue weighted by Gasteiger charge is 2.31. The van der Waals surface area contributed by atoms with Gasteiger partial charge in [0.1, 0.15) is 17.3 Å². The SMILES string of the molecule is COc1ccc(CN2CCc3c(nc(C4CCN(C(=O)c5ccccn5)C4)[nH]c3=O)C2)cc1. The molecule has 0 saturated carbocycles. The lowest BCUT2D eigenvalue weighted by atomic mass is 10.0. The maximum atomic E-state index is 12.8. The topological polar surface area (TPSA) is 91.4 Å². The highest BCUT2D eigenvalue weighted by molar-refractivity contribution is 5.92. The Balaban J connectivity index is 1.29. The van der Waals surface area contributed by atoms with Gasteiger partial charge in [0, 0.05) is 50.4 Å². The van der Waals surface area contributed by atoms with Gasteiger partial charge in [-0.05, 0) is 42.7 Å². The Hall–Kier alpha value is -3.52. The van der Waals surface area contributed by atoms with Crippen molar-refractivity contribution < 1.29 is 9.53 Å². The summed E-state index contributed by atoms with van der Waals surface area (Å²) in [6, 6.07) is 13.4. The smallest absolute Gasteiger partial charge is 0.272 e. The summed E-state index contributed by atoms with van der Waals surface area (Å²) in [6.07, 6.45) is 3.08. The van der Waals surface area contributed by atoms with Crippen molar-refractivity contribution in [2.45, 2.75) is 31.8 Å². The van der Waals surface area contributed by atoms with Gasteiger partial charge in [-0.15, -0.1) is 0 Å². The Morgan fingerprint density at radius 1 is 1.18 bits per heavy atom. The van der Waals surface area contributed by atoms with Gasteiger partial charge in [0.15, 0.2) is 0 Å². The Kier molecular flexibility index (Phi) is 5.92. The molecule has 4 heterocycles. The molecule has 5 rings (SSSR count). The molecule has 2 aliphatic rings. The van der Waals surface area contributed by atoms with Gasteiger partial charge in [-0.2, -0.15) is 0 Å². The van der Waals surface area contributed by atoms with Crippen LogP contribution < -0.4 is 10.3 Å². The molecule has 1 N–H and O–H groups in total. The third-order valence-electron chi connectivity index (χ3n) is 6.48. The fourth-order valence-electron chi connectivity index (χ4n) is 4.65. The predicted octanol–water partition coefficient (Wildman–Crippen LogP) is 2.36. The number of benzene rings is 1. The number of aromatic nitrogens is 3. The van der Waals surface area contributed by atoms with E-state index < -0.39 is 0 Å². The zero-order valence-electron chi connectivity index (χ0n) is 18.7. The van der Waals surface area contributed by atoms with Gasteiger partial charge in [0.05, 0.1) is 12.8 Å². The third-order valence-corrected chi connectivity index (χ3v) is 6.48. The Bertz CT molecular complexity index is 1190. The van der Waals surface area contributed by atoms with Crippen LogP contribution in [-0.4, -0.2) is 57.4 Å². The normalized spacial score (nSPS) is 18.2. The number of hydrogen-bond acceptors (Lipinski definition) is 6. The average Bonchev–Trinajstić information content (AvgIpc) is 3.35. The lowest BCUT2D eigenvalue weighted by molar-refractivity contribution is 0.0784. The van der Waals surface area contributed by atoms with Crippen LogP contribution in [0.4, 0.5) is 0 Å². The first kappa shape index (κ1) is 21.3. The van der Waals surface area contributed by atoms with Crippen molar-refractivity contribution in [1.29, 1.82) is 0 Å². The van der Waals surface area contributed by atoms with Crippen molar-refractivity contribution >= 4 is 5.91 Å². The first-order chi connectivity index (χ1) is 16.1. The van der Waals surface area contributed by atoms with E-state index in [0.717, 1.165) is 36.5 Å². The van der Waals surface area contributed by atoms with Crippen molar-refractivity contribution in [2.75, 3.05) is 26.7 Å². The number of aromatic amines is 1. The van der Waals surface area contributed by atoms with Crippen molar-refractivity contribution in [3.63, 3.8) is 0 Å². The Labute approximate surface area is 192 Å². The van der Waals surface area contributed by atoms with Crippen LogP contribution in [-0.2, 0) is 19.5 Å². The Morgan fingerprint density at radius 2 is 2.03 bits per heavy atom. The third kappa shape index (κ3) is 4.52. The number of rotatable bonds is 5. The molecule has 1 unspecified atom stereocenters. The monoisotopic (exact) mass is 445 g/mol. The van der Waals surface area contributed by atoms with E-state index in [0.29, 0.717) is 37.6 Å². The van der Waals surface area contributed by atoms with Crippen LogP contribution >= 0.6 is 0 Å². The van der Waals surface area contributed by atoms with Gasteiger partial charge in [-0.25, -0.2) is 4.98 Å². The van der Waals surface area contributed by atoms with Crippen LogP contribution in [0.3, 0.4) is 0 Å². The van der Waals surface area contributed by atoms with E-state index in [2.05, 4.69) is 27.0 Å². The molecule has 1 atom stereocenters. The summed E-state index contributed by atoms with van der Waals surface area (Å²) in [7, 11) is 1.66. The number of carbonyl (C=O) groups is 1. The van der Waals surface area contributed by atoms with Crippen LogP contribution in [0.1, 0.15) is 45.5 Å². The number of amides is 1. The van der Waals surface area contributed by atoms with Crippen LogP contribution in [0.15, 0.2) is 53.5 Å². The fraction of sp³-hybridized carbons (Fsp3) is 0.360. The van der Waals surface area contributed by atoms with Gasteiger partial charge < -0.3 is 14.6 Å². The number of H-pyrrole nitrogens is 1. The highest BCUT2D eigenvalue weighted by Crippen LogP contribution is 2.27. The van der Waals surface area contributed by atoms with Gasteiger partial charge in [-0.3, -0.25) is 19.5 Å². The second-order valence-electron chi connectivity index (χ2n) is 8.64. The molecular weight excluding hydrogens is 418 g/mol. The number of methoxy groups -OCH3 is 1. The molecule has 0 spiro atoms. The number of likely N-dealkylation sites (tertiary alicyclic amines) is 1. The standard InChI is InChI=1S/C25H27N5O3/c1-33-19-7-5-17(6-8-19)14-29-12-10-20-22(16-29)27-23(28-24(20)31)18-9-13-30(15-18)25(32)21-4-2-3-11-26-21/h2-8,11,18H,9-10,12-16H2,1H3,(H,27,28,31). The van der Waals surface area contributed by atoms with E-state index in [1.807, 2.05) is 18.2 Å². The zero-order valence-corrected chi connectivity index (χ0v) is 18.7. The summed E-state index contributed by atoms with van der Waals surface area (Å²) >= 11 is 0. The lowest BCUT2D eigenvalue weighted by Gasteiger charge is -2.28. The molecule has 1 aromatic carbocycles. The van der Waals surface area contributed by atoms with E-state index in [4.69, 9.17) is 9.72 Å². The number of nitrogens with zero attached hydrogens (tertiary/aromatic N) is 4. The molecule has 1 saturated heterocycles. The van der Waals surface area contributed by atoms with E-state index in [-0.39, 0.29) is 17.4 Å². The molecule has 170 valence electrons. The lowest BCUT2D eigenvalue weighted by Crippen LogP contribution is -2.36. The average molecular weight is 446 g/mol. The number of pyridine rings is 1. The number of carbonyl (C=O) groups excluding carboxylic acids is 1. The summed E-state index contributed by atoms with van der Waals surface area (Å²) < 4.78 is 5.24. The number of ether oxygens (including phenoxy) is 1. The number of hydrogen-bond donors (Lipinski definition) is 1. The van der Waals surface area contributed by atoms with E-state index in [9.17, 15) is 9.59 Å². The van der Waals surface area contributed by atoms with E-state index in [1.165, 1.54) is 5.56 Å². The number of fused-ring (bicyclic) bond motifs is 1. The van der Waals surface area contributed by atoms with Crippen LogP contribution in [0.2, 0.25) is 0 Å². The van der Waals surface area contributed by atoms with Crippen molar-refractivity contribution in [2.24, 2.45) is 0 Å². The molecule has 0 radical (unpaired) electrons. The highest BCUT2D eigenvalue weighted by atomic mass is 16.5.